The molecule has 3 fully saturated rings. The topological polar surface area (TPSA) is 207 Å². The number of nitrogens with zero attached hydrogens (tertiary/aromatic N) is 5. The molecule has 3 heterocycles. The predicted octanol–water partition coefficient (Wildman–Crippen LogP) is -0.425. The van der Waals surface area contributed by atoms with Crippen molar-refractivity contribution in [2.45, 2.75) is 62.8 Å². The number of aliphatic hydroxyl groups is 2. The lowest BCUT2D eigenvalue weighted by Gasteiger charge is -2.35. The standard InChI is InChI=1S/C31H41N7O9/c39-18-22(40)16-24(30(44)35-12-14-36(15-13-35)31(45)46)33-28(42)23-17-27(38(34-23)21-8-2-1-3-9-21)47-19-26(41)37-11-5-10-25(37)29(43)32-20-6-4-7-20/h1-3,8-9,17,20,22,24-25,39-40H,4-7,10-16,18-19H2,(H,32,43)(H,33,42)(H,45,46)/t22?,24?,25-/m0/s1. The molecular weight excluding hydrogens is 614 g/mol. The van der Waals surface area contributed by atoms with E-state index >= 15 is 0 Å². The predicted molar refractivity (Wildman–Crippen MR) is 165 cm³/mol. The van der Waals surface area contributed by atoms with Crippen molar-refractivity contribution in [3.8, 4) is 11.6 Å². The van der Waals surface area contributed by atoms with Crippen LogP contribution >= 0.6 is 0 Å². The van der Waals surface area contributed by atoms with Crippen LogP contribution in [0, 0.1) is 0 Å². The van der Waals surface area contributed by atoms with Gasteiger partial charge in [-0.15, -0.1) is 0 Å². The fraction of sp³-hybridized carbons (Fsp3) is 0.548. The summed E-state index contributed by atoms with van der Waals surface area (Å²) in [5.74, 6) is -1.77. The van der Waals surface area contributed by atoms with Gasteiger partial charge in [0.25, 0.3) is 11.8 Å². The zero-order chi connectivity index (χ0) is 33.5. The fourth-order valence-corrected chi connectivity index (χ4v) is 5.88. The van der Waals surface area contributed by atoms with Crippen molar-refractivity contribution in [1.82, 2.24) is 35.1 Å². The van der Waals surface area contributed by atoms with Crippen molar-refractivity contribution in [3.63, 3.8) is 0 Å². The maximum Gasteiger partial charge on any atom is 0.407 e. The monoisotopic (exact) mass is 655 g/mol. The number of piperazine rings is 1. The molecule has 2 saturated heterocycles. The number of amides is 5. The van der Waals surface area contributed by atoms with Gasteiger partial charge >= 0.3 is 6.09 Å². The number of hydrogen-bond donors (Lipinski definition) is 5. The minimum Gasteiger partial charge on any atom is -0.467 e. The Morgan fingerprint density at radius 1 is 0.957 bits per heavy atom. The molecule has 5 amide bonds. The summed E-state index contributed by atoms with van der Waals surface area (Å²) in [6.07, 6.45) is 1.53. The van der Waals surface area contributed by atoms with Gasteiger partial charge in [0.05, 0.1) is 18.4 Å². The summed E-state index contributed by atoms with van der Waals surface area (Å²) in [6, 6.07) is 8.45. The largest absolute Gasteiger partial charge is 0.467 e. The van der Waals surface area contributed by atoms with Gasteiger partial charge in [-0.25, -0.2) is 9.48 Å². The van der Waals surface area contributed by atoms with Crippen LogP contribution < -0.4 is 15.4 Å². The quantitative estimate of drug-likeness (QED) is 0.200. The number of hydrogen-bond acceptors (Lipinski definition) is 9. The van der Waals surface area contributed by atoms with E-state index in [1.807, 2.05) is 0 Å². The van der Waals surface area contributed by atoms with Crippen molar-refractivity contribution in [3.05, 3.63) is 42.1 Å². The molecule has 1 aliphatic carbocycles. The molecular formula is C31H41N7O9. The van der Waals surface area contributed by atoms with Crippen LogP contribution in [0.15, 0.2) is 36.4 Å². The smallest absolute Gasteiger partial charge is 0.407 e. The molecule has 3 aliphatic rings. The van der Waals surface area contributed by atoms with Gasteiger partial charge in [0.15, 0.2) is 12.3 Å². The third-order valence-electron chi connectivity index (χ3n) is 8.76. The first-order valence-electron chi connectivity index (χ1n) is 15.9. The maximum atomic E-state index is 13.5. The van der Waals surface area contributed by atoms with Crippen LogP contribution in [0.5, 0.6) is 5.88 Å². The first-order valence-corrected chi connectivity index (χ1v) is 15.9. The second-order valence-corrected chi connectivity index (χ2v) is 12.0. The molecule has 2 unspecified atom stereocenters. The van der Waals surface area contributed by atoms with E-state index in [9.17, 15) is 39.3 Å². The molecule has 254 valence electrons. The van der Waals surface area contributed by atoms with Gasteiger partial charge in [0.1, 0.15) is 12.1 Å². The Bertz CT molecular complexity index is 1440. The number of para-hydroxylation sites is 1. The number of likely N-dealkylation sites (tertiary alicyclic amines) is 1. The van der Waals surface area contributed by atoms with E-state index in [1.54, 1.807) is 30.3 Å². The Morgan fingerprint density at radius 3 is 2.30 bits per heavy atom. The molecule has 2 aromatic rings. The third kappa shape index (κ3) is 8.18. The van der Waals surface area contributed by atoms with Gasteiger partial charge in [0.2, 0.25) is 17.7 Å². The lowest BCUT2D eigenvalue weighted by Crippen LogP contribution is -2.56. The van der Waals surface area contributed by atoms with Gasteiger partial charge in [0, 0.05) is 51.3 Å². The molecule has 0 radical (unpaired) electrons. The highest BCUT2D eigenvalue weighted by Gasteiger charge is 2.36. The van der Waals surface area contributed by atoms with E-state index in [1.165, 1.54) is 25.4 Å². The average Bonchev–Trinajstić information content (AvgIpc) is 3.73. The lowest BCUT2D eigenvalue weighted by molar-refractivity contribution is -0.140. The summed E-state index contributed by atoms with van der Waals surface area (Å²) >= 11 is 0. The van der Waals surface area contributed by atoms with Crippen molar-refractivity contribution in [2.75, 3.05) is 45.9 Å². The highest BCUT2D eigenvalue weighted by molar-refractivity contribution is 5.96. The van der Waals surface area contributed by atoms with E-state index in [0.29, 0.717) is 25.1 Å². The van der Waals surface area contributed by atoms with Crippen molar-refractivity contribution < 1.29 is 44.0 Å². The molecule has 1 aromatic carbocycles. The third-order valence-corrected chi connectivity index (χ3v) is 8.76. The van der Waals surface area contributed by atoms with E-state index in [2.05, 4.69) is 15.7 Å². The van der Waals surface area contributed by atoms with Gasteiger partial charge < -0.3 is 45.4 Å². The molecule has 1 aromatic heterocycles. The Kier molecular flexibility index (Phi) is 10.9. The highest BCUT2D eigenvalue weighted by Crippen LogP contribution is 2.24. The van der Waals surface area contributed by atoms with Gasteiger partial charge in [-0.3, -0.25) is 19.2 Å². The van der Waals surface area contributed by atoms with Crippen LogP contribution in [0.3, 0.4) is 0 Å². The molecule has 0 spiro atoms. The Labute approximate surface area is 271 Å². The van der Waals surface area contributed by atoms with Gasteiger partial charge in [-0.2, -0.15) is 5.10 Å². The lowest BCUT2D eigenvalue weighted by atomic mass is 9.93. The number of benzene rings is 1. The van der Waals surface area contributed by atoms with Crippen LogP contribution in [-0.4, -0.2) is 140 Å². The van der Waals surface area contributed by atoms with E-state index in [4.69, 9.17) is 4.74 Å². The van der Waals surface area contributed by atoms with E-state index in [-0.39, 0.29) is 62.0 Å². The number of aliphatic hydroxyl groups excluding tert-OH is 2. The van der Waals surface area contributed by atoms with Gasteiger partial charge in [-0.1, -0.05) is 18.2 Å². The minimum absolute atomic E-state index is 0.0763. The van der Waals surface area contributed by atoms with Crippen LogP contribution in [0.2, 0.25) is 0 Å². The summed E-state index contributed by atoms with van der Waals surface area (Å²) in [4.78, 5) is 68.3. The summed E-state index contributed by atoms with van der Waals surface area (Å²) in [5.41, 5.74) is 0.398. The second-order valence-electron chi connectivity index (χ2n) is 12.0. The molecule has 1 saturated carbocycles. The number of nitrogens with one attached hydrogen (secondary N) is 2. The summed E-state index contributed by atoms with van der Waals surface area (Å²) in [5, 5.41) is 38.8. The number of rotatable bonds is 12. The zero-order valence-corrected chi connectivity index (χ0v) is 26.0. The molecule has 5 rings (SSSR count). The van der Waals surface area contributed by atoms with Crippen molar-refractivity contribution in [1.29, 1.82) is 0 Å². The number of carboxylic acid groups (broad SMARTS) is 1. The van der Waals surface area contributed by atoms with Crippen molar-refractivity contribution >= 4 is 29.7 Å². The molecule has 2 aliphatic heterocycles. The van der Waals surface area contributed by atoms with E-state index in [0.717, 1.165) is 19.3 Å². The highest BCUT2D eigenvalue weighted by atomic mass is 16.5. The first kappa shape index (κ1) is 33.7. The minimum atomic E-state index is -1.30. The second kappa shape index (κ2) is 15.3. The van der Waals surface area contributed by atoms with Gasteiger partial charge in [-0.05, 0) is 44.2 Å². The Morgan fingerprint density at radius 2 is 1.66 bits per heavy atom. The zero-order valence-electron chi connectivity index (χ0n) is 26.0. The fourth-order valence-electron chi connectivity index (χ4n) is 5.88. The Balaban J connectivity index is 1.29. The molecule has 3 atom stereocenters. The molecule has 47 heavy (non-hydrogen) atoms. The number of ether oxygens (including phenoxy) is 1. The molecule has 5 N–H and O–H groups in total. The van der Waals surface area contributed by atoms with Crippen LogP contribution in [0.25, 0.3) is 5.69 Å². The molecule has 0 bridgehead atoms. The Hall–Kier alpha value is -4.70. The summed E-state index contributed by atoms with van der Waals surface area (Å²) in [6.45, 7) is -0.233. The summed E-state index contributed by atoms with van der Waals surface area (Å²) < 4.78 is 7.24. The average molecular weight is 656 g/mol. The van der Waals surface area contributed by atoms with Crippen LogP contribution in [0.4, 0.5) is 4.79 Å². The van der Waals surface area contributed by atoms with E-state index < -0.39 is 49.3 Å². The number of carbonyl (C=O) groups excluding carboxylic acids is 4. The van der Waals surface area contributed by atoms with Crippen LogP contribution in [0.1, 0.15) is 49.0 Å². The molecule has 16 nitrogen and oxygen atoms in total. The number of aromatic nitrogens is 2. The maximum absolute atomic E-state index is 13.5. The number of carbonyl (C=O) groups is 5. The SMILES string of the molecule is O=C(NC(CC(O)CO)C(=O)N1CCN(C(=O)O)CC1)c1cc(OCC(=O)N2CCC[C@H]2C(=O)NC2CCC2)n(-c2ccccc2)n1. The first-order chi connectivity index (χ1) is 22.6. The van der Waals surface area contributed by atoms with Crippen LogP contribution in [-0.2, 0) is 14.4 Å². The molecule has 16 heteroatoms. The van der Waals surface area contributed by atoms with Crippen molar-refractivity contribution in [2.24, 2.45) is 0 Å². The normalized spacial score (nSPS) is 19.4. The summed E-state index contributed by atoms with van der Waals surface area (Å²) in [7, 11) is 0.